The third kappa shape index (κ3) is 2.12. The molecule has 0 saturated carbocycles. The summed E-state index contributed by atoms with van der Waals surface area (Å²) in [4.78, 5) is 25.4. The van der Waals surface area contributed by atoms with Crippen LogP contribution in [0.1, 0.15) is 46.5 Å². The van der Waals surface area contributed by atoms with Crippen LogP contribution in [-0.2, 0) is 9.59 Å². The monoisotopic (exact) mass is 226 g/mol. The second-order valence-electron chi connectivity index (χ2n) is 4.64. The Balaban J connectivity index is 2.82. The van der Waals surface area contributed by atoms with Crippen LogP contribution in [-0.4, -0.2) is 29.3 Å². The van der Waals surface area contributed by atoms with Gasteiger partial charge >= 0.3 is 0 Å². The van der Waals surface area contributed by atoms with Crippen molar-refractivity contribution in [1.29, 1.82) is 0 Å². The van der Waals surface area contributed by atoms with Gasteiger partial charge in [0.15, 0.2) is 0 Å². The van der Waals surface area contributed by atoms with Gasteiger partial charge in [-0.15, -0.1) is 0 Å². The van der Waals surface area contributed by atoms with Crippen LogP contribution in [0.15, 0.2) is 0 Å². The van der Waals surface area contributed by atoms with E-state index >= 15 is 0 Å². The van der Waals surface area contributed by atoms with E-state index in [1.54, 1.807) is 0 Å². The van der Waals surface area contributed by atoms with Gasteiger partial charge in [0.2, 0.25) is 11.8 Å². The molecule has 0 aromatic heterocycles. The minimum Gasteiger partial charge on any atom is -0.326 e. The van der Waals surface area contributed by atoms with Crippen LogP contribution in [0.5, 0.6) is 0 Å². The van der Waals surface area contributed by atoms with Gasteiger partial charge in [0.1, 0.15) is 0 Å². The van der Waals surface area contributed by atoms with Crippen molar-refractivity contribution in [2.45, 2.75) is 52.5 Å². The first-order valence-electron chi connectivity index (χ1n) is 6.11. The SMILES string of the molecule is CCC(N)CN1C(=O)CC(CC)(CC)C1=O. The predicted octanol–water partition coefficient (Wildman–Crippen LogP) is 1.29. The van der Waals surface area contributed by atoms with Gasteiger partial charge < -0.3 is 5.73 Å². The minimum absolute atomic E-state index is 0.0219. The van der Waals surface area contributed by atoms with Crippen molar-refractivity contribution in [3.05, 3.63) is 0 Å². The number of amides is 2. The Morgan fingerprint density at radius 1 is 1.31 bits per heavy atom. The Hall–Kier alpha value is -0.900. The van der Waals surface area contributed by atoms with Gasteiger partial charge in [0, 0.05) is 19.0 Å². The lowest BCUT2D eigenvalue weighted by Gasteiger charge is -2.24. The molecule has 1 saturated heterocycles. The summed E-state index contributed by atoms with van der Waals surface area (Å²) in [5, 5.41) is 0. The zero-order valence-electron chi connectivity index (χ0n) is 10.5. The molecule has 0 aromatic rings. The van der Waals surface area contributed by atoms with Crippen LogP contribution in [0.4, 0.5) is 0 Å². The molecular weight excluding hydrogens is 204 g/mol. The summed E-state index contributed by atoms with van der Waals surface area (Å²) in [5.74, 6) is -0.0796. The van der Waals surface area contributed by atoms with Gasteiger partial charge in [0.05, 0.1) is 5.41 Å². The van der Waals surface area contributed by atoms with Crippen molar-refractivity contribution >= 4 is 11.8 Å². The highest BCUT2D eigenvalue weighted by Gasteiger charge is 2.48. The molecule has 1 aliphatic heterocycles. The average molecular weight is 226 g/mol. The van der Waals surface area contributed by atoms with E-state index in [1.807, 2.05) is 20.8 Å². The number of likely N-dealkylation sites (tertiary alicyclic amines) is 1. The minimum atomic E-state index is -0.454. The first-order chi connectivity index (χ1) is 7.50. The molecule has 1 rings (SSSR count). The van der Waals surface area contributed by atoms with Crippen molar-refractivity contribution in [2.75, 3.05) is 6.54 Å². The normalized spacial score (nSPS) is 21.6. The first kappa shape index (κ1) is 13.2. The molecule has 1 aliphatic rings. The van der Waals surface area contributed by atoms with Crippen LogP contribution in [0.25, 0.3) is 0 Å². The molecule has 0 aromatic carbocycles. The Labute approximate surface area is 97.2 Å². The van der Waals surface area contributed by atoms with Crippen LogP contribution in [0.3, 0.4) is 0 Å². The summed E-state index contributed by atoms with van der Waals surface area (Å²) in [6, 6.07) is -0.0996. The van der Waals surface area contributed by atoms with E-state index in [9.17, 15) is 9.59 Å². The van der Waals surface area contributed by atoms with E-state index in [4.69, 9.17) is 5.73 Å². The zero-order chi connectivity index (χ0) is 12.3. The third-order valence-electron chi connectivity index (χ3n) is 3.78. The topological polar surface area (TPSA) is 63.4 Å². The highest BCUT2D eigenvalue weighted by atomic mass is 16.2. The number of rotatable bonds is 5. The lowest BCUT2D eigenvalue weighted by molar-refractivity contribution is -0.141. The Morgan fingerprint density at radius 3 is 2.25 bits per heavy atom. The molecule has 0 bridgehead atoms. The standard InChI is InChI=1S/C12H22N2O2/c1-4-9(13)8-14-10(15)7-12(5-2,6-3)11(14)16/h9H,4-8,13H2,1-3H3. The second kappa shape index (κ2) is 4.95. The maximum Gasteiger partial charge on any atom is 0.235 e. The number of hydrogen-bond acceptors (Lipinski definition) is 3. The van der Waals surface area contributed by atoms with Gasteiger partial charge in [0.25, 0.3) is 0 Å². The van der Waals surface area contributed by atoms with Gasteiger partial charge in [-0.1, -0.05) is 20.8 Å². The first-order valence-corrected chi connectivity index (χ1v) is 6.11. The highest BCUT2D eigenvalue weighted by Crippen LogP contribution is 2.39. The highest BCUT2D eigenvalue weighted by molar-refractivity contribution is 6.05. The lowest BCUT2D eigenvalue weighted by atomic mass is 9.81. The van der Waals surface area contributed by atoms with Gasteiger partial charge in [-0.25, -0.2) is 0 Å². The number of hydrogen-bond donors (Lipinski definition) is 1. The quantitative estimate of drug-likeness (QED) is 0.718. The fourth-order valence-corrected chi connectivity index (χ4v) is 2.21. The largest absolute Gasteiger partial charge is 0.326 e. The molecule has 0 aliphatic carbocycles. The van der Waals surface area contributed by atoms with E-state index in [-0.39, 0.29) is 17.9 Å². The molecule has 1 heterocycles. The summed E-state index contributed by atoms with van der Waals surface area (Å²) in [7, 11) is 0. The average Bonchev–Trinajstić information content (AvgIpc) is 2.53. The summed E-state index contributed by atoms with van der Waals surface area (Å²) in [6.45, 7) is 6.27. The number of imide groups is 1. The fraction of sp³-hybridized carbons (Fsp3) is 0.833. The summed E-state index contributed by atoms with van der Waals surface area (Å²) in [6.07, 6.45) is 2.59. The van der Waals surface area contributed by atoms with E-state index in [0.29, 0.717) is 13.0 Å². The van der Waals surface area contributed by atoms with Crippen LogP contribution >= 0.6 is 0 Å². The van der Waals surface area contributed by atoms with Crippen LogP contribution < -0.4 is 5.73 Å². The van der Waals surface area contributed by atoms with E-state index < -0.39 is 5.41 Å². The molecule has 0 spiro atoms. The Kier molecular flexibility index (Phi) is 4.08. The van der Waals surface area contributed by atoms with Crippen molar-refractivity contribution < 1.29 is 9.59 Å². The molecule has 0 radical (unpaired) electrons. The summed E-state index contributed by atoms with van der Waals surface area (Å²) < 4.78 is 0. The molecule has 1 fully saturated rings. The second-order valence-corrected chi connectivity index (χ2v) is 4.64. The fourth-order valence-electron chi connectivity index (χ4n) is 2.21. The predicted molar refractivity (Wildman–Crippen MR) is 62.6 cm³/mol. The van der Waals surface area contributed by atoms with E-state index in [1.165, 1.54) is 4.90 Å². The van der Waals surface area contributed by atoms with Crippen molar-refractivity contribution in [2.24, 2.45) is 11.1 Å². The van der Waals surface area contributed by atoms with Crippen LogP contribution in [0, 0.1) is 5.41 Å². The molecule has 2 amide bonds. The number of carbonyl (C=O) groups excluding carboxylic acids is 2. The van der Waals surface area contributed by atoms with Crippen molar-refractivity contribution in [1.82, 2.24) is 4.90 Å². The number of nitrogens with zero attached hydrogens (tertiary/aromatic N) is 1. The van der Waals surface area contributed by atoms with Gasteiger partial charge in [-0.2, -0.15) is 0 Å². The third-order valence-corrected chi connectivity index (χ3v) is 3.78. The molecule has 4 heteroatoms. The molecular formula is C12H22N2O2. The van der Waals surface area contributed by atoms with Crippen molar-refractivity contribution in [3.8, 4) is 0 Å². The van der Waals surface area contributed by atoms with E-state index in [0.717, 1.165) is 19.3 Å². The molecule has 16 heavy (non-hydrogen) atoms. The van der Waals surface area contributed by atoms with Gasteiger partial charge in [-0.05, 0) is 19.3 Å². The Morgan fingerprint density at radius 2 is 1.88 bits per heavy atom. The molecule has 1 atom stereocenters. The van der Waals surface area contributed by atoms with Gasteiger partial charge in [-0.3, -0.25) is 14.5 Å². The molecule has 2 N–H and O–H groups in total. The zero-order valence-corrected chi connectivity index (χ0v) is 10.5. The molecule has 1 unspecified atom stereocenters. The lowest BCUT2D eigenvalue weighted by Crippen LogP contribution is -2.42. The summed E-state index contributed by atoms with van der Waals surface area (Å²) >= 11 is 0. The number of nitrogens with two attached hydrogens (primary N) is 1. The van der Waals surface area contributed by atoms with Crippen molar-refractivity contribution in [3.63, 3.8) is 0 Å². The Bertz CT molecular complexity index is 285. The summed E-state index contributed by atoms with van der Waals surface area (Å²) in [5.41, 5.74) is 5.35. The maximum atomic E-state index is 12.2. The molecule has 4 nitrogen and oxygen atoms in total. The maximum absolute atomic E-state index is 12.2. The van der Waals surface area contributed by atoms with Crippen LogP contribution in [0.2, 0.25) is 0 Å². The smallest absolute Gasteiger partial charge is 0.235 e. The number of carbonyl (C=O) groups is 2. The molecule has 92 valence electrons. The van der Waals surface area contributed by atoms with E-state index in [2.05, 4.69) is 0 Å².